The first-order valence-electron chi connectivity index (χ1n) is 3.15. The summed E-state index contributed by atoms with van der Waals surface area (Å²) >= 11 is 0.921. The molecule has 1 rings (SSSR count). The molecule has 3 nitrogen and oxygen atoms in total. The molecule has 0 spiro atoms. The minimum atomic E-state index is -3.85. The van der Waals surface area contributed by atoms with Gasteiger partial charge in [-0.2, -0.15) is 8.78 Å². The molecule has 0 radical (unpaired) electrons. The quantitative estimate of drug-likeness (QED) is 0.769. The van der Waals surface area contributed by atoms with Crippen molar-refractivity contribution in [2.75, 3.05) is 0 Å². The predicted octanol–water partition coefficient (Wildman–Crippen LogP) is 2.26. The van der Waals surface area contributed by atoms with Gasteiger partial charge in [0.05, 0.1) is 0 Å². The number of thiophene rings is 1. The smallest absolute Gasteiger partial charge is 0.379 e. The number of carboxylic acids is 1. The zero-order valence-corrected chi connectivity index (χ0v) is 7.15. The van der Waals surface area contributed by atoms with Crippen LogP contribution in [0.5, 0.6) is 0 Å². The van der Waals surface area contributed by atoms with E-state index in [4.69, 9.17) is 5.11 Å². The summed E-state index contributed by atoms with van der Waals surface area (Å²) < 4.78 is 25.5. The van der Waals surface area contributed by atoms with Crippen LogP contribution in [-0.4, -0.2) is 17.8 Å². The molecule has 0 fully saturated rings. The van der Waals surface area contributed by atoms with Crippen molar-refractivity contribution in [1.82, 2.24) is 0 Å². The van der Waals surface area contributed by atoms with Crippen LogP contribution in [-0.2, 0) is 10.7 Å². The van der Waals surface area contributed by atoms with Crippen LogP contribution in [0.15, 0.2) is 16.4 Å². The van der Waals surface area contributed by atoms with E-state index in [1.54, 1.807) is 0 Å². The maximum Gasteiger partial charge on any atom is 0.379 e. The molecule has 1 aromatic heterocycles. The van der Waals surface area contributed by atoms with Gasteiger partial charge in [-0.3, -0.25) is 4.99 Å². The number of rotatable bonds is 3. The van der Waals surface area contributed by atoms with E-state index >= 15 is 0 Å². The second-order valence-corrected chi connectivity index (χ2v) is 3.10. The maximum atomic E-state index is 12.8. The zero-order valence-electron chi connectivity index (χ0n) is 6.33. The first-order valence-corrected chi connectivity index (χ1v) is 4.03. The van der Waals surface area contributed by atoms with Crippen LogP contribution in [0.25, 0.3) is 0 Å². The van der Waals surface area contributed by atoms with Crippen molar-refractivity contribution in [2.24, 2.45) is 4.99 Å². The summed E-state index contributed by atoms with van der Waals surface area (Å²) in [7, 11) is 0. The average Bonchev–Trinajstić information content (AvgIpc) is 2.51. The first kappa shape index (κ1) is 9.79. The molecule has 70 valence electrons. The standard InChI is InChI=1S/C7H5F2NO2S/c1-10-5-2-4(3-13-5)7(8,9)6(11)12/h2-3H,1H2,(H,11,12). The Morgan fingerprint density at radius 1 is 1.69 bits per heavy atom. The Balaban J connectivity index is 3.07. The molecule has 0 aliphatic carbocycles. The van der Waals surface area contributed by atoms with E-state index in [0.717, 1.165) is 22.8 Å². The molecule has 0 saturated heterocycles. The summed E-state index contributed by atoms with van der Waals surface area (Å²) in [6.07, 6.45) is 0. The van der Waals surface area contributed by atoms with Gasteiger partial charge < -0.3 is 5.11 Å². The third-order valence-corrected chi connectivity index (χ3v) is 2.23. The molecular weight excluding hydrogens is 200 g/mol. The van der Waals surface area contributed by atoms with Crippen molar-refractivity contribution in [3.05, 3.63) is 17.0 Å². The van der Waals surface area contributed by atoms with Crippen LogP contribution in [0.3, 0.4) is 0 Å². The second kappa shape index (κ2) is 3.21. The number of halogens is 2. The van der Waals surface area contributed by atoms with Gasteiger partial charge in [0.15, 0.2) is 0 Å². The highest BCUT2D eigenvalue weighted by Crippen LogP contribution is 2.34. The number of alkyl halides is 2. The Labute approximate surface area is 76.3 Å². The van der Waals surface area contributed by atoms with Gasteiger partial charge in [-0.15, -0.1) is 11.3 Å². The van der Waals surface area contributed by atoms with E-state index in [0.29, 0.717) is 0 Å². The number of carboxylic acid groups (broad SMARTS) is 1. The Morgan fingerprint density at radius 2 is 2.31 bits per heavy atom. The summed E-state index contributed by atoms with van der Waals surface area (Å²) in [5.74, 6) is -6.01. The zero-order chi connectivity index (χ0) is 10.1. The highest BCUT2D eigenvalue weighted by molar-refractivity contribution is 7.14. The third kappa shape index (κ3) is 1.72. The van der Waals surface area contributed by atoms with E-state index < -0.39 is 17.5 Å². The van der Waals surface area contributed by atoms with Crippen LogP contribution in [0.1, 0.15) is 5.56 Å². The van der Waals surface area contributed by atoms with Gasteiger partial charge in [0, 0.05) is 10.9 Å². The normalized spacial score (nSPS) is 11.2. The van der Waals surface area contributed by atoms with Crippen molar-refractivity contribution >= 4 is 29.0 Å². The molecule has 0 aliphatic heterocycles. The number of aliphatic carboxylic acids is 1. The molecule has 1 aromatic rings. The molecular formula is C7H5F2NO2S. The van der Waals surface area contributed by atoms with E-state index in [1.165, 1.54) is 0 Å². The summed E-state index contributed by atoms with van der Waals surface area (Å²) in [5.41, 5.74) is -0.563. The van der Waals surface area contributed by atoms with Gasteiger partial charge in [-0.25, -0.2) is 4.79 Å². The second-order valence-electron chi connectivity index (χ2n) is 2.21. The molecule has 0 amide bonds. The molecule has 0 bridgehead atoms. The van der Waals surface area contributed by atoms with Crippen molar-refractivity contribution in [2.45, 2.75) is 5.92 Å². The lowest BCUT2D eigenvalue weighted by Gasteiger charge is -2.07. The number of aliphatic imine (C=N–C) groups is 1. The highest BCUT2D eigenvalue weighted by atomic mass is 32.1. The van der Waals surface area contributed by atoms with Crippen molar-refractivity contribution in [1.29, 1.82) is 0 Å². The molecule has 1 heterocycles. The number of carbonyl (C=O) groups is 1. The lowest BCUT2D eigenvalue weighted by molar-refractivity contribution is -0.166. The van der Waals surface area contributed by atoms with Crippen LogP contribution >= 0.6 is 11.3 Å². The third-order valence-electron chi connectivity index (χ3n) is 1.37. The van der Waals surface area contributed by atoms with Gasteiger partial charge in [0.1, 0.15) is 5.00 Å². The number of hydrogen-bond donors (Lipinski definition) is 1. The maximum absolute atomic E-state index is 12.8. The fourth-order valence-corrected chi connectivity index (χ4v) is 1.43. The van der Waals surface area contributed by atoms with Crippen molar-refractivity contribution < 1.29 is 18.7 Å². The average molecular weight is 205 g/mol. The lowest BCUT2D eigenvalue weighted by Crippen LogP contribution is -2.24. The Morgan fingerprint density at radius 3 is 2.69 bits per heavy atom. The van der Waals surface area contributed by atoms with Crippen LogP contribution < -0.4 is 0 Å². The minimum Gasteiger partial charge on any atom is -0.477 e. The van der Waals surface area contributed by atoms with E-state index in [-0.39, 0.29) is 5.00 Å². The molecule has 13 heavy (non-hydrogen) atoms. The van der Waals surface area contributed by atoms with E-state index in [1.807, 2.05) is 0 Å². The van der Waals surface area contributed by atoms with Gasteiger partial charge >= 0.3 is 11.9 Å². The summed E-state index contributed by atoms with van der Waals surface area (Å²) in [6.45, 7) is 3.14. The van der Waals surface area contributed by atoms with Gasteiger partial charge in [0.25, 0.3) is 0 Å². The SMILES string of the molecule is C=Nc1cc(C(F)(F)C(=O)O)cs1. The molecule has 1 N–H and O–H groups in total. The summed E-state index contributed by atoms with van der Waals surface area (Å²) in [5, 5.41) is 9.51. The fourth-order valence-electron chi connectivity index (χ4n) is 0.696. The first-order chi connectivity index (χ1) is 5.98. The van der Waals surface area contributed by atoms with Gasteiger partial charge in [-0.05, 0) is 12.8 Å². The molecule has 0 saturated carbocycles. The summed E-state index contributed by atoms with van der Waals surface area (Å²) in [6, 6.07) is 1.01. The monoisotopic (exact) mass is 205 g/mol. The molecule has 0 aliphatic rings. The molecule has 0 aromatic carbocycles. The van der Waals surface area contributed by atoms with Crippen molar-refractivity contribution in [3.63, 3.8) is 0 Å². The van der Waals surface area contributed by atoms with Crippen molar-refractivity contribution in [3.8, 4) is 0 Å². The number of hydrogen-bond acceptors (Lipinski definition) is 3. The molecule has 0 unspecified atom stereocenters. The van der Waals surface area contributed by atoms with Crippen LogP contribution in [0, 0.1) is 0 Å². The Hall–Kier alpha value is -1.30. The fraction of sp³-hybridized carbons (Fsp3) is 0.143. The van der Waals surface area contributed by atoms with Gasteiger partial charge in [-0.1, -0.05) is 0 Å². The topological polar surface area (TPSA) is 49.7 Å². The van der Waals surface area contributed by atoms with Crippen LogP contribution in [0.2, 0.25) is 0 Å². The lowest BCUT2D eigenvalue weighted by atomic mass is 10.2. The Kier molecular flexibility index (Phi) is 2.42. The highest BCUT2D eigenvalue weighted by Gasteiger charge is 2.41. The Bertz CT molecular complexity index is 348. The molecule has 6 heteroatoms. The largest absolute Gasteiger partial charge is 0.477 e. The molecule has 0 atom stereocenters. The van der Waals surface area contributed by atoms with E-state index in [9.17, 15) is 13.6 Å². The number of nitrogens with zero attached hydrogens (tertiary/aromatic N) is 1. The minimum absolute atomic E-state index is 0.274. The van der Waals surface area contributed by atoms with E-state index in [2.05, 4.69) is 11.7 Å². The summed E-state index contributed by atoms with van der Waals surface area (Å²) in [4.78, 5) is 13.5. The van der Waals surface area contributed by atoms with Crippen LogP contribution in [0.4, 0.5) is 13.8 Å². The van der Waals surface area contributed by atoms with Gasteiger partial charge in [0.2, 0.25) is 0 Å². The predicted molar refractivity (Wildman–Crippen MR) is 45.1 cm³/mol.